The van der Waals surface area contributed by atoms with Crippen LogP contribution in [0.2, 0.25) is 0 Å². The number of amides is 1. The molecule has 0 saturated heterocycles. The smallest absolute Gasteiger partial charge is 0.249 e. The van der Waals surface area contributed by atoms with Gasteiger partial charge >= 0.3 is 0 Å². The quantitative estimate of drug-likeness (QED) is 0.738. The summed E-state index contributed by atoms with van der Waals surface area (Å²) in [7, 11) is 1.61. The highest BCUT2D eigenvalue weighted by molar-refractivity contribution is 5.78. The molecule has 0 heterocycles. The van der Waals surface area contributed by atoms with Gasteiger partial charge in [0.2, 0.25) is 5.91 Å². The van der Waals surface area contributed by atoms with Crippen molar-refractivity contribution in [2.75, 3.05) is 13.7 Å². The average molecular weight is 239 g/mol. The molecule has 2 fully saturated rings. The Kier molecular flexibility index (Phi) is 4.43. The van der Waals surface area contributed by atoms with Gasteiger partial charge in [-0.3, -0.25) is 4.79 Å². The van der Waals surface area contributed by atoms with Crippen LogP contribution in [-0.4, -0.2) is 36.6 Å². The summed E-state index contributed by atoms with van der Waals surface area (Å²) < 4.78 is 5.00. The molecule has 0 bridgehead atoms. The van der Waals surface area contributed by atoms with Crippen molar-refractivity contribution in [3.63, 3.8) is 0 Å². The lowest BCUT2D eigenvalue weighted by Crippen LogP contribution is -2.45. The fraction of sp³-hybridized carbons (Fsp3) is 0.929. The van der Waals surface area contributed by atoms with E-state index < -0.39 is 0 Å². The van der Waals surface area contributed by atoms with Crippen LogP contribution in [0.1, 0.15) is 51.9 Å². The van der Waals surface area contributed by atoms with Crippen LogP contribution in [0.25, 0.3) is 0 Å². The van der Waals surface area contributed by atoms with Crippen LogP contribution in [0.15, 0.2) is 0 Å². The summed E-state index contributed by atoms with van der Waals surface area (Å²) in [6.07, 6.45) is 8.68. The second-order valence-electron chi connectivity index (χ2n) is 5.55. The first-order valence-corrected chi connectivity index (χ1v) is 7.06. The van der Waals surface area contributed by atoms with Gasteiger partial charge in [0, 0.05) is 19.2 Å². The Morgan fingerprint density at radius 2 is 1.65 bits per heavy atom. The molecule has 3 nitrogen and oxygen atoms in total. The Bertz CT molecular complexity index is 255. The predicted octanol–water partition coefficient (Wildman–Crippen LogP) is 2.59. The molecule has 0 radical (unpaired) electrons. The van der Waals surface area contributed by atoms with Gasteiger partial charge in [-0.2, -0.15) is 0 Å². The average Bonchev–Trinajstić information content (AvgIpc) is 3.15. The molecular formula is C14H25NO2. The number of nitrogens with zero attached hydrogens (tertiary/aromatic N) is 1. The van der Waals surface area contributed by atoms with E-state index in [0.29, 0.717) is 12.1 Å². The van der Waals surface area contributed by atoms with Crippen LogP contribution >= 0.6 is 0 Å². The minimum absolute atomic E-state index is 0.204. The van der Waals surface area contributed by atoms with Crippen LogP contribution < -0.4 is 0 Å². The van der Waals surface area contributed by atoms with Crippen molar-refractivity contribution in [3.05, 3.63) is 0 Å². The Morgan fingerprint density at radius 1 is 1.12 bits per heavy atom. The number of carbonyl (C=O) groups excluding carboxylic acids is 1. The van der Waals surface area contributed by atoms with Gasteiger partial charge in [-0.15, -0.1) is 0 Å². The molecule has 0 aromatic rings. The highest BCUT2D eigenvalue weighted by Gasteiger charge is 2.38. The van der Waals surface area contributed by atoms with Crippen molar-refractivity contribution in [2.24, 2.45) is 5.92 Å². The first kappa shape index (κ1) is 12.9. The second kappa shape index (κ2) is 5.85. The lowest BCUT2D eigenvalue weighted by Gasteiger charge is -2.37. The molecule has 1 amide bonds. The number of ether oxygens (including phenoxy) is 1. The molecule has 0 unspecified atom stereocenters. The molecule has 2 saturated carbocycles. The van der Waals surface area contributed by atoms with Gasteiger partial charge in [0.25, 0.3) is 0 Å². The van der Waals surface area contributed by atoms with E-state index in [0.717, 1.165) is 5.92 Å². The summed E-state index contributed by atoms with van der Waals surface area (Å²) in [6, 6.07) is 1.02. The number of hydrogen-bond acceptors (Lipinski definition) is 2. The van der Waals surface area contributed by atoms with Gasteiger partial charge in [-0.25, -0.2) is 0 Å². The van der Waals surface area contributed by atoms with Crippen molar-refractivity contribution in [1.82, 2.24) is 4.90 Å². The van der Waals surface area contributed by atoms with Crippen molar-refractivity contribution >= 4 is 5.91 Å². The maximum absolute atomic E-state index is 12.1. The molecule has 0 N–H and O–H groups in total. The standard InChI is InChI=1S/C14H25NO2/c1-3-11-4-6-12(7-5-11)15(13-8-9-13)14(16)10-17-2/h11-13H,3-10H2,1-2H3. The normalized spacial score (nSPS) is 29.1. The summed E-state index contributed by atoms with van der Waals surface area (Å²) in [6.45, 7) is 2.53. The maximum atomic E-state index is 12.1. The molecular weight excluding hydrogens is 214 g/mol. The number of hydrogen-bond donors (Lipinski definition) is 0. The number of carbonyl (C=O) groups is 1. The van der Waals surface area contributed by atoms with Crippen molar-refractivity contribution in [1.29, 1.82) is 0 Å². The summed E-state index contributed by atoms with van der Waals surface area (Å²) >= 11 is 0. The Morgan fingerprint density at radius 3 is 2.06 bits per heavy atom. The summed E-state index contributed by atoms with van der Waals surface area (Å²) in [5, 5.41) is 0. The molecule has 17 heavy (non-hydrogen) atoms. The molecule has 0 aromatic heterocycles. The molecule has 0 aliphatic heterocycles. The van der Waals surface area contributed by atoms with Crippen LogP contribution in [0, 0.1) is 5.92 Å². The van der Waals surface area contributed by atoms with Gasteiger partial charge in [0.05, 0.1) is 0 Å². The van der Waals surface area contributed by atoms with E-state index in [1.807, 2.05) is 0 Å². The van der Waals surface area contributed by atoms with Gasteiger partial charge in [0.1, 0.15) is 6.61 Å². The second-order valence-corrected chi connectivity index (χ2v) is 5.55. The number of methoxy groups -OCH3 is 1. The van der Waals surface area contributed by atoms with Gasteiger partial charge < -0.3 is 9.64 Å². The third-order valence-corrected chi connectivity index (χ3v) is 4.28. The fourth-order valence-corrected chi connectivity index (χ4v) is 3.09. The Hall–Kier alpha value is -0.570. The lowest BCUT2D eigenvalue weighted by molar-refractivity contribution is -0.139. The Balaban J connectivity index is 1.90. The molecule has 0 spiro atoms. The van der Waals surface area contributed by atoms with Crippen LogP contribution in [0.4, 0.5) is 0 Å². The van der Waals surface area contributed by atoms with E-state index >= 15 is 0 Å². The largest absolute Gasteiger partial charge is 0.375 e. The maximum Gasteiger partial charge on any atom is 0.249 e. The van der Waals surface area contributed by atoms with Gasteiger partial charge in [-0.05, 0) is 44.4 Å². The molecule has 3 heteroatoms. The third kappa shape index (κ3) is 3.21. The first-order valence-electron chi connectivity index (χ1n) is 7.06. The molecule has 0 aromatic carbocycles. The van der Waals surface area contributed by atoms with Crippen molar-refractivity contribution in [2.45, 2.75) is 64.0 Å². The van der Waals surface area contributed by atoms with E-state index in [9.17, 15) is 4.79 Å². The fourth-order valence-electron chi connectivity index (χ4n) is 3.09. The molecule has 0 atom stereocenters. The van der Waals surface area contributed by atoms with Gasteiger partial charge in [-0.1, -0.05) is 13.3 Å². The number of rotatable bonds is 5. The monoisotopic (exact) mass is 239 g/mol. The van der Waals surface area contributed by atoms with Crippen molar-refractivity contribution < 1.29 is 9.53 Å². The molecule has 2 aliphatic carbocycles. The SMILES string of the molecule is CCC1CCC(N(C(=O)COC)C2CC2)CC1. The topological polar surface area (TPSA) is 29.5 Å². The van der Waals surface area contributed by atoms with E-state index in [1.165, 1.54) is 44.9 Å². The first-order chi connectivity index (χ1) is 8.26. The lowest BCUT2D eigenvalue weighted by atomic mass is 9.84. The Labute approximate surface area is 105 Å². The third-order valence-electron chi connectivity index (χ3n) is 4.28. The van der Waals surface area contributed by atoms with Gasteiger partial charge in [0.15, 0.2) is 0 Å². The summed E-state index contributed by atoms with van der Waals surface area (Å²) in [4.78, 5) is 14.2. The van der Waals surface area contributed by atoms with Crippen molar-refractivity contribution in [3.8, 4) is 0 Å². The zero-order valence-electron chi connectivity index (χ0n) is 11.2. The van der Waals surface area contributed by atoms with Crippen LogP contribution in [0.3, 0.4) is 0 Å². The zero-order chi connectivity index (χ0) is 12.3. The van der Waals surface area contributed by atoms with Crippen LogP contribution in [-0.2, 0) is 9.53 Å². The minimum atomic E-state index is 0.204. The molecule has 2 rings (SSSR count). The van der Waals surface area contributed by atoms with E-state index in [1.54, 1.807) is 7.11 Å². The summed E-state index contributed by atoms with van der Waals surface area (Å²) in [5.74, 6) is 1.10. The zero-order valence-corrected chi connectivity index (χ0v) is 11.2. The van der Waals surface area contributed by atoms with E-state index in [2.05, 4.69) is 11.8 Å². The molecule has 98 valence electrons. The predicted molar refractivity (Wildman–Crippen MR) is 67.8 cm³/mol. The minimum Gasteiger partial charge on any atom is -0.375 e. The molecule has 2 aliphatic rings. The highest BCUT2D eigenvalue weighted by atomic mass is 16.5. The van der Waals surface area contributed by atoms with Crippen LogP contribution in [0.5, 0.6) is 0 Å². The highest BCUT2D eigenvalue weighted by Crippen LogP contribution is 2.36. The van der Waals surface area contributed by atoms with E-state index in [-0.39, 0.29) is 12.5 Å². The van der Waals surface area contributed by atoms with E-state index in [4.69, 9.17) is 4.74 Å². The summed E-state index contributed by atoms with van der Waals surface area (Å²) in [5.41, 5.74) is 0.